The number of pyridine rings is 1. The number of imidazole rings is 1. The van der Waals surface area contributed by atoms with Crippen LogP contribution < -0.4 is 10.5 Å². The summed E-state index contributed by atoms with van der Waals surface area (Å²) in [5.41, 5.74) is 11.1. The lowest BCUT2D eigenvalue weighted by Crippen LogP contribution is -1.97. The van der Waals surface area contributed by atoms with Crippen LogP contribution in [0.15, 0.2) is 72.9 Å². The number of rotatable bonds is 2. The summed E-state index contributed by atoms with van der Waals surface area (Å²) in [5, 5.41) is 0. The lowest BCUT2D eigenvalue weighted by Gasteiger charge is -2.09. The Morgan fingerprint density at radius 3 is 2.42 bits per heavy atom. The highest BCUT2D eigenvalue weighted by atomic mass is 16.5. The molecule has 2 heterocycles. The van der Waals surface area contributed by atoms with Crippen LogP contribution in [-0.4, -0.2) is 16.5 Å². The molecular weight excluding hydrogens is 322 g/mol. The van der Waals surface area contributed by atoms with Gasteiger partial charge in [-0.15, -0.1) is 0 Å². The highest BCUT2D eigenvalue weighted by molar-refractivity contribution is 5.70. The zero-order valence-corrected chi connectivity index (χ0v) is 14.3. The lowest BCUT2D eigenvalue weighted by atomic mass is 10.1. The predicted molar refractivity (Wildman–Crippen MR) is 104 cm³/mol. The molecule has 0 spiro atoms. The average molecular weight is 339 g/mol. The molecule has 4 heteroatoms. The van der Waals surface area contributed by atoms with Gasteiger partial charge in [0.05, 0.1) is 13.3 Å². The second-order valence-electron chi connectivity index (χ2n) is 5.86. The third-order valence-electron chi connectivity index (χ3n) is 4.13. The zero-order valence-electron chi connectivity index (χ0n) is 14.3. The van der Waals surface area contributed by atoms with Crippen LogP contribution in [0.25, 0.3) is 16.8 Å². The molecule has 26 heavy (non-hydrogen) atoms. The maximum Gasteiger partial charge on any atom is 0.200 e. The minimum Gasteiger partial charge on any atom is -0.482 e. The average Bonchev–Trinajstić information content (AvgIpc) is 3.10. The Balaban J connectivity index is 1.80. The van der Waals surface area contributed by atoms with Gasteiger partial charge in [0.25, 0.3) is 0 Å². The van der Waals surface area contributed by atoms with Crippen LogP contribution in [-0.2, 0) is 0 Å². The second-order valence-corrected chi connectivity index (χ2v) is 5.86. The van der Waals surface area contributed by atoms with Gasteiger partial charge in [-0.3, -0.25) is 4.40 Å². The van der Waals surface area contributed by atoms with Crippen molar-refractivity contribution in [3.63, 3.8) is 0 Å². The highest BCUT2D eigenvalue weighted by Gasteiger charge is 2.10. The largest absolute Gasteiger partial charge is 0.482 e. The normalized spacial score (nSPS) is 10.3. The standard InChI is InChI=1S/C22H17N3O/c1-26-22-14-18(17-5-3-2-4-6-17)13-21-24-15-20(25(21)22)12-9-16-7-10-19(23)11-8-16/h2-8,10-11,13-15H,23H2,1H3. The number of fused-ring (bicyclic) bond motifs is 1. The van der Waals surface area contributed by atoms with E-state index in [1.54, 1.807) is 13.3 Å². The SMILES string of the molecule is COc1cc(-c2ccccc2)cc2ncc(C#Cc3ccc(N)cc3)n12. The Morgan fingerprint density at radius 1 is 0.923 bits per heavy atom. The van der Waals surface area contributed by atoms with Crippen molar-refractivity contribution in [1.29, 1.82) is 0 Å². The Morgan fingerprint density at radius 2 is 1.69 bits per heavy atom. The molecule has 2 aromatic heterocycles. The van der Waals surface area contributed by atoms with Crippen molar-refractivity contribution < 1.29 is 4.74 Å². The van der Waals surface area contributed by atoms with Crippen molar-refractivity contribution in [3.05, 3.63) is 84.2 Å². The van der Waals surface area contributed by atoms with Gasteiger partial charge in [-0.25, -0.2) is 4.98 Å². The number of anilines is 1. The minimum atomic E-state index is 0.695. The maximum absolute atomic E-state index is 5.71. The van der Waals surface area contributed by atoms with Gasteiger partial charge in [-0.05, 0) is 47.4 Å². The fourth-order valence-electron chi connectivity index (χ4n) is 2.82. The summed E-state index contributed by atoms with van der Waals surface area (Å²) in [6.07, 6.45) is 1.76. The van der Waals surface area contributed by atoms with E-state index in [0.717, 1.165) is 33.7 Å². The number of methoxy groups -OCH3 is 1. The molecule has 4 nitrogen and oxygen atoms in total. The van der Waals surface area contributed by atoms with Crippen molar-refractivity contribution in [2.24, 2.45) is 0 Å². The number of benzene rings is 2. The molecule has 0 fully saturated rings. The van der Waals surface area contributed by atoms with Crippen LogP contribution in [0.4, 0.5) is 5.69 Å². The van der Waals surface area contributed by atoms with E-state index in [-0.39, 0.29) is 0 Å². The number of nitrogens with two attached hydrogens (primary N) is 1. The van der Waals surface area contributed by atoms with Crippen LogP contribution in [0.1, 0.15) is 11.3 Å². The van der Waals surface area contributed by atoms with E-state index in [2.05, 4.69) is 29.0 Å². The van der Waals surface area contributed by atoms with Crippen molar-refractivity contribution in [2.75, 3.05) is 12.8 Å². The Bertz CT molecular complexity index is 1120. The number of hydrogen-bond acceptors (Lipinski definition) is 3. The first-order valence-electron chi connectivity index (χ1n) is 8.23. The minimum absolute atomic E-state index is 0.695. The molecule has 0 aliphatic carbocycles. The summed E-state index contributed by atoms with van der Waals surface area (Å²) in [7, 11) is 1.65. The molecule has 0 aliphatic heterocycles. The number of aromatic nitrogens is 2. The van der Waals surface area contributed by atoms with Crippen molar-refractivity contribution >= 4 is 11.3 Å². The molecule has 0 bridgehead atoms. The summed E-state index contributed by atoms with van der Waals surface area (Å²) in [6.45, 7) is 0. The Hall–Kier alpha value is -3.71. The summed E-state index contributed by atoms with van der Waals surface area (Å²) in [6, 6.07) is 21.7. The van der Waals surface area contributed by atoms with Gasteiger partial charge in [-0.2, -0.15) is 0 Å². The smallest absolute Gasteiger partial charge is 0.200 e. The van der Waals surface area contributed by atoms with E-state index in [9.17, 15) is 0 Å². The summed E-state index contributed by atoms with van der Waals surface area (Å²) in [5.74, 6) is 7.00. The molecule has 126 valence electrons. The van der Waals surface area contributed by atoms with Gasteiger partial charge in [0.15, 0.2) is 0 Å². The number of nitrogens with zero attached hydrogens (tertiary/aromatic N) is 2. The van der Waals surface area contributed by atoms with Crippen molar-refractivity contribution in [2.45, 2.75) is 0 Å². The highest BCUT2D eigenvalue weighted by Crippen LogP contribution is 2.27. The van der Waals surface area contributed by atoms with Gasteiger partial charge in [0, 0.05) is 17.3 Å². The summed E-state index contributed by atoms with van der Waals surface area (Å²) < 4.78 is 7.51. The molecular formula is C22H17N3O. The quantitative estimate of drug-likeness (QED) is 0.444. The summed E-state index contributed by atoms with van der Waals surface area (Å²) in [4.78, 5) is 4.50. The molecule has 0 aliphatic rings. The molecule has 2 N–H and O–H groups in total. The number of hydrogen-bond donors (Lipinski definition) is 1. The van der Waals surface area contributed by atoms with E-state index in [1.807, 2.05) is 59.0 Å². The fraction of sp³-hybridized carbons (Fsp3) is 0.0455. The van der Waals surface area contributed by atoms with Crippen molar-refractivity contribution in [3.8, 4) is 28.8 Å². The number of nitrogen functional groups attached to an aromatic ring is 1. The van der Waals surface area contributed by atoms with Crippen LogP contribution in [0, 0.1) is 11.8 Å². The van der Waals surface area contributed by atoms with Gasteiger partial charge < -0.3 is 10.5 Å². The molecule has 4 rings (SSSR count). The molecule has 0 amide bonds. The molecule has 2 aromatic carbocycles. The van der Waals surface area contributed by atoms with Gasteiger partial charge in [-0.1, -0.05) is 36.3 Å². The van der Waals surface area contributed by atoms with Crippen LogP contribution >= 0.6 is 0 Å². The first-order chi connectivity index (χ1) is 12.7. The Kier molecular flexibility index (Phi) is 4.04. The second kappa shape index (κ2) is 6.66. The molecule has 0 saturated carbocycles. The van der Waals surface area contributed by atoms with Crippen LogP contribution in [0.2, 0.25) is 0 Å². The van der Waals surface area contributed by atoms with E-state index in [0.29, 0.717) is 5.88 Å². The van der Waals surface area contributed by atoms with E-state index in [1.165, 1.54) is 0 Å². The van der Waals surface area contributed by atoms with E-state index < -0.39 is 0 Å². The monoisotopic (exact) mass is 339 g/mol. The fourth-order valence-corrected chi connectivity index (χ4v) is 2.82. The molecule has 0 saturated heterocycles. The zero-order chi connectivity index (χ0) is 17.9. The summed E-state index contributed by atoms with van der Waals surface area (Å²) >= 11 is 0. The third-order valence-corrected chi connectivity index (χ3v) is 4.13. The van der Waals surface area contributed by atoms with Crippen LogP contribution in [0.3, 0.4) is 0 Å². The first-order valence-corrected chi connectivity index (χ1v) is 8.23. The van der Waals surface area contributed by atoms with Gasteiger partial charge in [0.2, 0.25) is 5.88 Å². The molecule has 0 unspecified atom stereocenters. The topological polar surface area (TPSA) is 52.5 Å². The Labute approximate surface area is 151 Å². The number of ether oxygens (including phenoxy) is 1. The predicted octanol–water partition coefficient (Wildman–Crippen LogP) is 3.99. The molecule has 0 radical (unpaired) electrons. The van der Waals surface area contributed by atoms with Crippen molar-refractivity contribution in [1.82, 2.24) is 9.38 Å². The first kappa shape index (κ1) is 15.8. The third kappa shape index (κ3) is 2.99. The van der Waals surface area contributed by atoms with Crippen LogP contribution in [0.5, 0.6) is 5.88 Å². The molecule has 4 aromatic rings. The van der Waals surface area contributed by atoms with E-state index >= 15 is 0 Å². The van der Waals surface area contributed by atoms with Gasteiger partial charge in [0.1, 0.15) is 11.3 Å². The maximum atomic E-state index is 5.71. The lowest BCUT2D eigenvalue weighted by molar-refractivity contribution is 0.392. The van der Waals surface area contributed by atoms with E-state index in [4.69, 9.17) is 10.5 Å². The molecule has 0 atom stereocenters. The van der Waals surface area contributed by atoms with Gasteiger partial charge >= 0.3 is 0 Å².